The summed E-state index contributed by atoms with van der Waals surface area (Å²) in [5.41, 5.74) is 1.10. The summed E-state index contributed by atoms with van der Waals surface area (Å²) in [6, 6.07) is 8.76. The molecule has 1 aliphatic heterocycles. The van der Waals surface area contributed by atoms with Gasteiger partial charge in [-0.25, -0.2) is 9.59 Å². The maximum atomic E-state index is 12.3. The zero-order valence-electron chi connectivity index (χ0n) is 16.2. The lowest BCUT2D eigenvalue weighted by Gasteiger charge is -2.31. The van der Waals surface area contributed by atoms with Crippen molar-refractivity contribution in [2.24, 2.45) is 5.92 Å². The first-order chi connectivity index (χ1) is 13.4. The van der Waals surface area contributed by atoms with E-state index in [0.29, 0.717) is 19.4 Å². The molecule has 1 aromatic rings. The van der Waals surface area contributed by atoms with E-state index in [1.807, 2.05) is 30.3 Å². The molecule has 8 heteroatoms. The lowest BCUT2D eigenvalue weighted by Crippen LogP contribution is -2.46. The average molecular weight is 395 g/mol. The molecule has 0 aromatic heterocycles. The Labute approximate surface area is 164 Å². The number of hydrogen-bond acceptors (Lipinski definition) is 6. The Bertz CT molecular complexity index is 622. The molecule has 3 unspecified atom stereocenters. The number of carboxylic acid groups (broad SMARTS) is 1. The van der Waals surface area contributed by atoms with Crippen LogP contribution in [0.1, 0.15) is 25.8 Å². The first-order valence-electron chi connectivity index (χ1n) is 9.48. The number of carbonyl (C=O) groups excluding carboxylic acids is 1. The Morgan fingerprint density at radius 3 is 2.68 bits per heavy atom. The van der Waals surface area contributed by atoms with E-state index in [-0.39, 0.29) is 19.1 Å². The molecule has 1 aliphatic rings. The Hall–Kier alpha value is -2.16. The molecule has 0 radical (unpaired) electrons. The molecule has 1 saturated heterocycles. The summed E-state index contributed by atoms with van der Waals surface area (Å²) >= 11 is 0. The molecule has 1 amide bonds. The predicted octanol–water partition coefficient (Wildman–Crippen LogP) is 1.60. The van der Waals surface area contributed by atoms with Crippen LogP contribution in [-0.4, -0.2) is 66.4 Å². The summed E-state index contributed by atoms with van der Waals surface area (Å²) in [5.74, 6) is -0.804. The molecule has 1 aromatic carbocycles. The topological polar surface area (TPSA) is 114 Å². The van der Waals surface area contributed by atoms with Crippen molar-refractivity contribution in [1.82, 2.24) is 5.32 Å². The number of amides is 1. The first-order valence-corrected chi connectivity index (χ1v) is 9.48. The monoisotopic (exact) mass is 395 g/mol. The summed E-state index contributed by atoms with van der Waals surface area (Å²) < 4.78 is 17.2. The lowest BCUT2D eigenvalue weighted by molar-refractivity contribution is -0.160. The Kier molecular flexibility index (Phi) is 8.69. The van der Waals surface area contributed by atoms with Crippen molar-refractivity contribution in [3.63, 3.8) is 0 Å². The zero-order chi connectivity index (χ0) is 20.5. The summed E-state index contributed by atoms with van der Waals surface area (Å²) in [6.07, 6.45) is -1.76. The number of hydrogen-bond donors (Lipinski definition) is 3. The maximum absolute atomic E-state index is 12.3. The standard InChI is InChI=1S/C20H29NO7/c1-13(22)8-9-27-18-14(2)28-19(23)17(21-20(24)25)12-26-11-16(18)10-15-6-4-3-5-7-15/h3-7,13-14,16-18,21-22H,8-12H2,1-2H3,(H,24,25)/t13?,14?,16-,17-,18?/m0/s1. The highest BCUT2D eigenvalue weighted by Gasteiger charge is 2.35. The van der Waals surface area contributed by atoms with Crippen molar-refractivity contribution in [3.05, 3.63) is 35.9 Å². The second-order valence-corrected chi connectivity index (χ2v) is 7.10. The number of rotatable bonds is 7. The summed E-state index contributed by atoms with van der Waals surface area (Å²) in [5, 5.41) is 20.6. The Morgan fingerprint density at radius 2 is 2.04 bits per heavy atom. The van der Waals surface area contributed by atoms with Crippen LogP contribution in [0.2, 0.25) is 0 Å². The van der Waals surface area contributed by atoms with Gasteiger partial charge in [0.25, 0.3) is 0 Å². The summed E-state index contributed by atoms with van der Waals surface area (Å²) in [4.78, 5) is 23.3. The highest BCUT2D eigenvalue weighted by atomic mass is 16.6. The van der Waals surface area contributed by atoms with Crippen molar-refractivity contribution < 1.29 is 34.0 Å². The van der Waals surface area contributed by atoms with Crippen LogP contribution < -0.4 is 5.32 Å². The van der Waals surface area contributed by atoms with Gasteiger partial charge in [-0.15, -0.1) is 0 Å². The van der Waals surface area contributed by atoms with Gasteiger partial charge in [0.1, 0.15) is 6.10 Å². The van der Waals surface area contributed by atoms with E-state index in [1.54, 1.807) is 13.8 Å². The minimum Gasteiger partial charge on any atom is -0.465 e. The molecule has 0 aliphatic carbocycles. The van der Waals surface area contributed by atoms with Gasteiger partial charge in [-0.05, 0) is 32.3 Å². The number of cyclic esters (lactones) is 1. The third-order valence-electron chi connectivity index (χ3n) is 4.61. The minimum absolute atomic E-state index is 0.108. The van der Waals surface area contributed by atoms with Gasteiger partial charge < -0.3 is 29.7 Å². The van der Waals surface area contributed by atoms with E-state index in [2.05, 4.69) is 5.32 Å². The van der Waals surface area contributed by atoms with E-state index in [9.17, 15) is 14.7 Å². The Balaban J connectivity index is 2.17. The molecule has 3 N–H and O–H groups in total. The van der Waals surface area contributed by atoms with Gasteiger partial charge in [0.15, 0.2) is 6.04 Å². The molecule has 1 fully saturated rings. The molecule has 5 atom stereocenters. The SMILES string of the molecule is CC(O)CCOC1C(C)OC(=O)[C@@H](NC(=O)O)COC[C@@H]1Cc1ccccc1. The summed E-state index contributed by atoms with van der Waals surface area (Å²) in [6.45, 7) is 3.90. The number of nitrogens with one attached hydrogen (secondary N) is 1. The number of ether oxygens (including phenoxy) is 3. The number of esters is 1. The van der Waals surface area contributed by atoms with E-state index < -0.39 is 36.4 Å². The molecular weight excluding hydrogens is 366 g/mol. The van der Waals surface area contributed by atoms with Crippen LogP contribution in [0.5, 0.6) is 0 Å². The van der Waals surface area contributed by atoms with Gasteiger partial charge >= 0.3 is 12.1 Å². The lowest BCUT2D eigenvalue weighted by atomic mass is 9.91. The van der Waals surface area contributed by atoms with Crippen LogP contribution in [0.15, 0.2) is 30.3 Å². The van der Waals surface area contributed by atoms with Gasteiger partial charge in [-0.2, -0.15) is 0 Å². The number of benzene rings is 1. The van der Waals surface area contributed by atoms with Crippen molar-refractivity contribution in [3.8, 4) is 0 Å². The van der Waals surface area contributed by atoms with Crippen LogP contribution in [0.3, 0.4) is 0 Å². The number of aliphatic hydroxyl groups is 1. The van der Waals surface area contributed by atoms with E-state index >= 15 is 0 Å². The van der Waals surface area contributed by atoms with Crippen LogP contribution in [0.4, 0.5) is 4.79 Å². The molecule has 28 heavy (non-hydrogen) atoms. The Morgan fingerprint density at radius 1 is 1.32 bits per heavy atom. The van der Waals surface area contributed by atoms with Gasteiger partial charge in [-0.1, -0.05) is 30.3 Å². The smallest absolute Gasteiger partial charge is 0.405 e. The molecular formula is C20H29NO7. The predicted molar refractivity (Wildman–Crippen MR) is 101 cm³/mol. The molecule has 8 nitrogen and oxygen atoms in total. The summed E-state index contributed by atoms with van der Waals surface area (Å²) in [7, 11) is 0. The third kappa shape index (κ3) is 7.10. The number of aliphatic hydroxyl groups excluding tert-OH is 1. The van der Waals surface area contributed by atoms with E-state index in [0.717, 1.165) is 5.56 Å². The fourth-order valence-corrected chi connectivity index (χ4v) is 3.20. The maximum Gasteiger partial charge on any atom is 0.405 e. The molecule has 0 bridgehead atoms. The van der Waals surface area contributed by atoms with E-state index in [1.165, 1.54) is 0 Å². The third-order valence-corrected chi connectivity index (χ3v) is 4.61. The van der Waals surface area contributed by atoms with Crippen LogP contribution >= 0.6 is 0 Å². The highest BCUT2D eigenvalue weighted by molar-refractivity contribution is 5.81. The van der Waals surface area contributed by atoms with Gasteiger partial charge in [0.2, 0.25) is 0 Å². The van der Waals surface area contributed by atoms with E-state index in [4.69, 9.17) is 19.3 Å². The highest BCUT2D eigenvalue weighted by Crippen LogP contribution is 2.23. The van der Waals surface area contributed by atoms with Crippen LogP contribution in [0.25, 0.3) is 0 Å². The van der Waals surface area contributed by atoms with Crippen LogP contribution in [0, 0.1) is 5.92 Å². The molecule has 2 rings (SSSR count). The quantitative estimate of drug-likeness (QED) is 0.601. The largest absolute Gasteiger partial charge is 0.465 e. The molecule has 1 heterocycles. The van der Waals surface area contributed by atoms with Crippen molar-refractivity contribution in [2.75, 3.05) is 19.8 Å². The number of carbonyl (C=O) groups is 2. The normalized spacial score (nSPS) is 27.0. The van der Waals surface area contributed by atoms with Gasteiger partial charge in [0.05, 0.1) is 25.4 Å². The second-order valence-electron chi connectivity index (χ2n) is 7.10. The molecule has 156 valence electrons. The van der Waals surface area contributed by atoms with Crippen LogP contribution in [-0.2, 0) is 25.4 Å². The fourth-order valence-electron chi connectivity index (χ4n) is 3.20. The van der Waals surface area contributed by atoms with Gasteiger partial charge in [-0.3, -0.25) is 0 Å². The minimum atomic E-state index is -1.32. The average Bonchev–Trinajstić information content (AvgIpc) is 2.67. The van der Waals surface area contributed by atoms with Gasteiger partial charge in [0, 0.05) is 12.5 Å². The van der Waals surface area contributed by atoms with Crippen molar-refractivity contribution in [2.45, 2.75) is 51.0 Å². The van der Waals surface area contributed by atoms with Crippen molar-refractivity contribution >= 4 is 12.1 Å². The molecule has 0 spiro atoms. The van der Waals surface area contributed by atoms with Crippen molar-refractivity contribution in [1.29, 1.82) is 0 Å². The second kappa shape index (κ2) is 11.0. The molecule has 0 saturated carbocycles. The first kappa shape index (κ1) is 22.1. The zero-order valence-corrected chi connectivity index (χ0v) is 16.2. The fraction of sp³-hybridized carbons (Fsp3) is 0.600.